The molecule has 0 N–H and O–H groups in total. The summed E-state index contributed by atoms with van der Waals surface area (Å²) in [7, 11) is -0.235. The molecule has 0 saturated heterocycles. The SMILES string of the molecule is CCc1ccccc1[SiH2]c1cc(C)cs1. The minimum Gasteiger partial charge on any atom is -0.154 e. The van der Waals surface area contributed by atoms with Gasteiger partial charge in [0.1, 0.15) is 9.52 Å². The van der Waals surface area contributed by atoms with Gasteiger partial charge in [-0.25, -0.2) is 0 Å². The summed E-state index contributed by atoms with van der Waals surface area (Å²) in [5, 5.41) is 3.87. The third kappa shape index (κ3) is 2.58. The van der Waals surface area contributed by atoms with Gasteiger partial charge >= 0.3 is 0 Å². The van der Waals surface area contributed by atoms with Crippen LogP contribution in [0.1, 0.15) is 18.1 Å². The molecular weight excluding hydrogens is 216 g/mol. The van der Waals surface area contributed by atoms with Gasteiger partial charge in [0.2, 0.25) is 0 Å². The first-order valence-corrected chi connectivity index (χ1v) is 7.69. The fourth-order valence-corrected chi connectivity index (χ4v) is 5.20. The molecule has 0 unspecified atom stereocenters. The van der Waals surface area contributed by atoms with Crippen LogP contribution in [-0.2, 0) is 6.42 Å². The number of aryl methyl sites for hydroxylation is 2. The Bertz CT molecular complexity index is 445. The van der Waals surface area contributed by atoms with Crippen LogP contribution in [0.3, 0.4) is 0 Å². The van der Waals surface area contributed by atoms with E-state index in [1.165, 1.54) is 11.1 Å². The second kappa shape index (κ2) is 4.77. The molecule has 2 heteroatoms. The van der Waals surface area contributed by atoms with E-state index in [9.17, 15) is 0 Å². The Kier molecular flexibility index (Phi) is 3.39. The van der Waals surface area contributed by atoms with Crippen molar-refractivity contribution < 1.29 is 0 Å². The molecule has 1 heterocycles. The second-order valence-corrected chi connectivity index (χ2v) is 7.27. The van der Waals surface area contributed by atoms with Crippen LogP contribution in [0.2, 0.25) is 0 Å². The Balaban J connectivity index is 2.23. The Morgan fingerprint density at radius 2 is 2.07 bits per heavy atom. The molecule has 0 fully saturated rings. The Hall–Kier alpha value is -0.863. The largest absolute Gasteiger partial charge is 0.154 e. The molecule has 0 aliphatic heterocycles. The second-order valence-electron chi connectivity index (χ2n) is 3.89. The van der Waals surface area contributed by atoms with Crippen molar-refractivity contribution in [1.82, 2.24) is 0 Å². The van der Waals surface area contributed by atoms with E-state index >= 15 is 0 Å². The van der Waals surface area contributed by atoms with Crippen molar-refractivity contribution in [3.63, 3.8) is 0 Å². The van der Waals surface area contributed by atoms with Crippen LogP contribution < -0.4 is 9.69 Å². The lowest BCUT2D eigenvalue weighted by Crippen LogP contribution is -2.27. The smallest absolute Gasteiger partial charge is 0.100 e. The molecule has 78 valence electrons. The summed E-state index contributed by atoms with van der Waals surface area (Å²) in [5.74, 6) is 0. The molecule has 0 aliphatic carbocycles. The zero-order valence-electron chi connectivity index (χ0n) is 9.29. The summed E-state index contributed by atoms with van der Waals surface area (Å²) in [6, 6.07) is 11.2. The van der Waals surface area contributed by atoms with Crippen LogP contribution in [0.25, 0.3) is 0 Å². The van der Waals surface area contributed by atoms with Crippen molar-refractivity contribution in [1.29, 1.82) is 0 Å². The number of thiophene rings is 1. The predicted molar refractivity (Wildman–Crippen MR) is 72.7 cm³/mol. The molecule has 1 aromatic carbocycles. The van der Waals surface area contributed by atoms with E-state index < -0.39 is 0 Å². The summed E-state index contributed by atoms with van der Waals surface area (Å²) in [6.45, 7) is 4.42. The standard InChI is InChI=1S/C13H16SSi/c1-3-11-6-4-5-7-12(11)15-13-8-10(2)9-14-13/h4-9H,3,15H2,1-2H3. The summed E-state index contributed by atoms with van der Waals surface area (Å²) in [5.41, 5.74) is 2.95. The van der Waals surface area contributed by atoms with Gasteiger partial charge in [-0.2, -0.15) is 11.3 Å². The molecule has 0 amide bonds. The topological polar surface area (TPSA) is 0 Å². The lowest BCUT2D eigenvalue weighted by atomic mass is 10.2. The van der Waals surface area contributed by atoms with Gasteiger partial charge in [0, 0.05) is 0 Å². The van der Waals surface area contributed by atoms with Crippen molar-refractivity contribution in [2.24, 2.45) is 0 Å². The Morgan fingerprint density at radius 3 is 2.73 bits per heavy atom. The molecule has 0 atom stereocenters. The molecule has 0 nitrogen and oxygen atoms in total. The van der Waals surface area contributed by atoms with Crippen molar-refractivity contribution in [3.05, 3.63) is 46.8 Å². The highest BCUT2D eigenvalue weighted by Crippen LogP contribution is 2.02. The van der Waals surface area contributed by atoms with E-state index in [1.807, 2.05) is 11.3 Å². The van der Waals surface area contributed by atoms with Gasteiger partial charge in [0.05, 0.1) is 0 Å². The van der Waals surface area contributed by atoms with Crippen molar-refractivity contribution in [3.8, 4) is 0 Å². The molecule has 0 spiro atoms. The van der Waals surface area contributed by atoms with Gasteiger partial charge in [-0.1, -0.05) is 36.4 Å². The molecule has 0 aliphatic rings. The number of rotatable bonds is 3. The molecule has 0 saturated carbocycles. The van der Waals surface area contributed by atoms with Gasteiger partial charge in [-0.05, 0) is 40.4 Å². The fourth-order valence-electron chi connectivity index (χ4n) is 1.85. The van der Waals surface area contributed by atoms with Crippen molar-refractivity contribution in [2.75, 3.05) is 0 Å². The fraction of sp³-hybridized carbons (Fsp3) is 0.231. The van der Waals surface area contributed by atoms with Gasteiger partial charge in [-0.3, -0.25) is 0 Å². The highest BCUT2D eigenvalue weighted by atomic mass is 32.1. The third-order valence-electron chi connectivity index (χ3n) is 2.65. The van der Waals surface area contributed by atoms with Crippen LogP contribution in [0.4, 0.5) is 0 Å². The van der Waals surface area contributed by atoms with Crippen LogP contribution in [0, 0.1) is 6.92 Å². The van der Waals surface area contributed by atoms with E-state index in [4.69, 9.17) is 0 Å². The molecule has 1 aromatic heterocycles. The van der Waals surface area contributed by atoms with Crippen molar-refractivity contribution >= 4 is 30.5 Å². The quantitative estimate of drug-likeness (QED) is 0.707. The van der Waals surface area contributed by atoms with Crippen LogP contribution in [-0.4, -0.2) is 9.52 Å². The van der Waals surface area contributed by atoms with Crippen LogP contribution in [0.5, 0.6) is 0 Å². The maximum absolute atomic E-state index is 2.35. The van der Waals surface area contributed by atoms with E-state index in [0.29, 0.717) is 0 Å². The minimum absolute atomic E-state index is 0.235. The molecule has 15 heavy (non-hydrogen) atoms. The summed E-state index contributed by atoms with van der Waals surface area (Å²) < 4.78 is 1.61. The van der Waals surface area contributed by atoms with E-state index in [0.717, 1.165) is 6.42 Å². The highest BCUT2D eigenvalue weighted by Gasteiger charge is 2.03. The zero-order valence-corrected chi connectivity index (χ0v) is 11.5. The molecule has 0 bridgehead atoms. The van der Waals surface area contributed by atoms with Crippen LogP contribution in [0.15, 0.2) is 35.7 Å². The molecule has 0 radical (unpaired) electrons. The minimum atomic E-state index is -0.235. The Labute approximate surface area is 97.8 Å². The number of benzene rings is 1. The van der Waals surface area contributed by atoms with E-state index in [1.54, 1.807) is 9.69 Å². The lowest BCUT2D eigenvalue weighted by molar-refractivity contribution is 1.15. The monoisotopic (exact) mass is 232 g/mol. The average molecular weight is 232 g/mol. The van der Waals surface area contributed by atoms with Crippen molar-refractivity contribution in [2.45, 2.75) is 20.3 Å². The first-order chi connectivity index (χ1) is 7.29. The molecule has 2 aromatic rings. The summed E-state index contributed by atoms with van der Waals surface area (Å²) in [4.78, 5) is 0. The van der Waals surface area contributed by atoms with Gasteiger partial charge in [0.25, 0.3) is 0 Å². The number of hydrogen-bond donors (Lipinski definition) is 0. The zero-order chi connectivity index (χ0) is 10.7. The van der Waals surface area contributed by atoms with E-state index in [2.05, 4.69) is 49.6 Å². The van der Waals surface area contributed by atoms with Gasteiger partial charge in [-0.15, -0.1) is 0 Å². The predicted octanol–water partition coefficient (Wildman–Crippen LogP) is 1.74. The first kappa shape index (κ1) is 10.6. The first-order valence-electron chi connectivity index (χ1n) is 5.40. The van der Waals surface area contributed by atoms with Crippen LogP contribution >= 0.6 is 11.3 Å². The molecular formula is C13H16SSi. The molecule has 2 rings (SSSR count). The summed E-state index contributed by atoms with van der Waals surface area (Å²) >= 11 is 1.93. The maximum atomic E-state index is 2.35. The average Bonchev–Trinajstić information content (AvgIpc) is 2.65. The number of hydrogen-bond acceptors (Lipinski definition) is 1. The highest BCUT2D eigenvalue weighted by molar-refractivity contribution is 7.21. The Morgan fingerprint density at radius 1 is 1.27 bits per heavy atom. The van der Waals surface area contributed by atoms with Gasteiger partial charge in [0.15, 0.2) is 0 Å². The third-order valence-corrected chi connectivity index (χ3v) is 6.12. The van der Waals surface area contributed by atoms with E-state index in [-0.39, 0.29) is 9.52 Å². The summed E-state index contributed by atoms with van der Waals surface area (Å²) in [6.07, 6.45) is 1.16. The lowest BCUT2D eigenvalue weighted by Gasteiger charge is -2.04. The maximum Gasteiger partial charge on any atom is 0.100 e. The van der Waals surface area contributed by atoms with Gasteiger partial charge < -0.3 is 0 Å². The normalized spacial score (nSPS) is 11.3.